The molecular formula is C5H14NO2P. The fourth-order valence-corrected chi connectivity index (χ4v) is 1.04. The van der Waals surface area contributed by atoms with Gasteiger partial charge in [-0.25, -0.2) is 5.09 Å². The van der Waals surface area contributed by atoms with Gasteiger partial charge in [-0.2, -0.15) is 0 Å². The third-order valence-electron chi connectivity index (χ3n) is 0.936. The van der Waals surface area contributed by atoms with E-state index < -0.39 is 7.52 Å². The molecule has 0 radical (unpaired) electrons. The van der Waals surface area contributed by atoms with Gasteiger partial charge < -0.3 is 4.89 Å². The molecule has 0 heterocycles. The van der Waals surface area contributed by atoms with E-state index in [1.54, 1.807) is 0 Å². The van der Waals surface area contributed by atoms with E-state index in [1.807, 2.05) is 6.92 Å². The Kier molecular flexibility index (Phi) is 4.11. The summed E-state index contributed by atoms with van der Waals surface area (Å²) in [6, 6.07) is 0. The van der Waals surface area contributed by atoms with Crippen LogP contribution in [0.1, 0.15) is 19.8 Å². The molecule has 0 fully saturated rings. The lowest BCUT2D eigenvalue weighted by Gasteiger charge is -2.05. The van der Waals surface area contributed by atoms with Crippen molar-refractivity contribution in [1.82, 2.24) is 5.09 Å². The van der Waals surface area contributed by atoms with Crippen molar-refractivity contribution in [3.8, 4) is 0 Å². The standard InChI is InChI=1S/C5H14NO2P/c1-3-4-5-6-9(2,7)8/h3-5H2,1-2H3,(H2,6,7,8). The van der Waals surface area contributed by atoms with Crippen LogP contribution in [-0.4, -0.2) is 18.1 Å². The Morgan fingerprint density at radius 1 is 1.67 bits per heavy atom. The van der Waals surface area contributed by atoms with Gasteiger partial charge in [0.1, 0.15) is 0 Å². The lowest BCUT2D eigenvalue weighted by Crippen LogP contribution is -2.09. The number of rotatable bonds is 4. The Balaban J connectivity index is 3.18. The molecule has 0 aliphatic carbocycles. The number of unbranched alkanes of at least 4 members (excludes halogenated alkanes) is 1. The van der Waals surface area contributed by atoms with Crippen molar-refractivity contribution < 1.29 is 9.46 Å². The molecule has 0 aromatic carbocycles. The van der Waals surface area contributed by atoms with Gasteiger partial charge in [0.05, 0.1) is 0 Å². The normalized spacial score (nSPS) is 17.2. The summed E-state index contributed by atoms with van der Waals surface area (Å²) in [6.45, 7) is 3.99. The summed E-state index contributed by atoms with van der Waals surface area (Å²) in [5.41, 5.74) is 0. The Morgan fingerprint density at radius 2 is 2.22 bits per heavy atom. The smallest absolute Gasteiger partial charge is 0.264 e. The highest BCUT2D eigenvalue weighted by Crippen LogP contribution is 2.28. The van der Waals surface area contributed by atoms with Crippen LogP contribution >= 0.6 is 7.52 Å². The summed E-state index contributed by atoms with van der Waals surface area (Å²) in [4.78, 5) is 8.69. The van der Waals surface area contributed by atoms with E-state index in [0.29, 0.717) is 6.54 Å². The monoisotopic (exact) mass is 151 g/mol. The molecule has 0 spiro atoms. The fourth-order valence-electron chi connectivity index (χ4n) is 0.463. The lowest BCUT2D eigenvalue weighted by atomic mass is 10.3. The van der Waals surface area contributed by atoms with Crippen molar-refractivity contribution in [3.63, 3.8) is 0 Å². The van der Waals surface area contributed by atoms with E-state index >= 15 is 0 Å². The van der Waals surface area contributed by atoms with Gasteiger partial charge in [0.15, 0.2) is 0 Å². The van der Waals surface area contributed by atoms with E-state index in [9.17, 15) is 4.57 Å². The van der Waals surface area contributed by atoms with Crippen LogP contribution in [0.2, 0.25) is 0 Å². The summed E-state index contributed by atoms with van der Waals surface area (Å²) >= 11 is 0. The van der Waals surface area contributed by atoms with Crippen LogP contribution in [0.4, 0.5) is 0 Å². The van der Waals surface area contributed by atoms with Gasteiger partial charge in [-0.05, 0) is 6.42 Å². The largest absolute Gasteiger partial charge is 0.333 e. The molecule has 0 bridgehead atoms. The first-order valence-corrected chi connectivity index (χ1v) is 5.22. The predicted molar refractivity (Wildman–Crippen MR) is 38.7 cm³/mol. The van der Waals surface area contributed by atoms with E-state index in [2.05, 4.69) is 5.09 Å². The van der Waals surface area contributed by atoms with Crippen molar-refractivity contribution >= 4 is 7.52 Å². The highest BCUT2D eigenvalue weighted by molar-refractivity contribution is 7.54. The fraction of sp³-hybridized carbons (Fsp3) is 1.00. The zero-order valence-corrected chi connectivity index (χ0v) is 6.82. The number of hydrogen-bond donors (Lipinski definition) is 2. The summed E-state index contributed by atoms with van der Waals surface area (Å²) in [5.74, 6) is 0. The van der Waals surface area contributed by atoms with E-state index in [1.165, 1.54) is 6.66 Å². The highest BCUT2D eigenvalue weighted by Gasteiger charge is 2.05. The number of nitrogens with one attached hydrogen (secondary N) is 1. The van der Waals surface area contributed by atoms with Crippen molar-refractivity contribution in [3.05, 3.63) is 0 Å². The molecule has 4 heteroatoms. The molecule has 0 saturated heterocycles. The van der Waals surface area contributed by atoms with Crippen molar-refractivity contribution in [2.24, 2.45) is 0 Å². The SMILES string of the molecule is CCCCNP(C)(=O)O. The quantitative estimate of drug-likeness (QED) is 0.468. The molecule has 0 aromatic rings. The molecule has 0 aliphatic rings. The first-order valence-electron chi connectivity index (χ1n) is 3.11. The summed E-state index contributed by atoms with van der Waals surface area (Å²) in [5, 5.41) is 2.53. The minimum absolute atomic E-state index is 0.640. The van der Waals surface area contributed by atoms with Crippen LogP contribution in [0.25, 0.3) is 0 Å². The molecule has 0 amide bonds. The maximum atomic E-state index is 10.5. The number of hydrogen-bond acceptors (Lipinski definition) is 1. The average molecular weight is 151 g/mol. The maximum absolute atomic E-state index is 10.5. The van der Waals surface area contributed by atoms with E-state index in [0.717, 1.165) is 12.8 Å². The first-order chi connectivity index (χ1) is 4.06. The van der Waals surface area contributed by atoms with Crippen molar-refractivity contribution in [2.75, 3.05) is 13.2 Å². The predicted octanol–water partition coefficient (Wildman–Crippen LogP) is 1.19. The van der Waals surface area contributed by atoms with Crippen LogP contribution in [0.3, 0.4) is 0 Å². The molecule has 0 aromatic heterocycles. The Morgan fingerprint density at radius 3 is 2.56 bits per heavy atom. The van der Waals surface area contributed by atoms with E-state index in [-0.39, 0.29) is 0 Å². The van der Waals surface area contributed by atoms with Gasteiger partial charge in [-0.15, -0.1) is 0 Å². The Bertz CT molecular complexity index is 110. The van der Waals surface area contributed by atoms with Crippen LogP contribution in [0.15, 0.2) is 0 Å². The van der Waals surface area contributed by atoms with E-state index in [4.69, 9.17) is 4.89 Å². The van der Waals surface area contributed by atoms with Crippen LogP contribution in [0, 0.1) is 0 Å². The van der Waals surface area contributed by atoms with Crippen LogP contribution < -0.4 is 5.09 Å². The second-order valence-electron chi connectivity index (χ2n) is 2.14. The zero-order valence-electron chi connectivity index (χ0n) is 5.92. The molecule has 0 saturated carbocycles. The maximum Gasteiger partial charge on any atom is 0.264 e. The van der Waals surface area contributed by atoms with Crippen LogP contribution in [-0.2, 0) is 4.57 Å². The summed E-state index contributed by atoms with van der Waals surface area (Å²) < 4.78 is 10.5. The molecule has 0 rings (SSSR count). The summed E-state index contributed by atoms with van der Waals surface area (Å²) in [6.07, 6.45) is 2.01. The third-order valence-corrected chi connectivity index (χ3v) is 1.75. The molecule has 1 unspecified atom stereocenters. The molecule has 2 N–H and O–H groups in total. The molecule has 1 atom stereocenters. The molecule has 56 valence electrons. The second-order valence-corrected chi connectivity index (χ2v) is 4.22. The van der Waals surface area contributed by atoms with Crippen molar-refractivity contribution in [1.29, 1.82) is 0 Å². The average Bonchev–Trinajstić information content (AvgIpc) is 1.63. The first kappa shape index (κ1) is 9.15. The van der Waals surface area contributed by atoms with Gasteiger partial charge in [0.25, 0.3) is 7.52 Å². The van der Waals surface area contributed by atoms with Gasteiger partial charge >= 0.3 is 0 Å². The van der Waals surface area contributed by atoms with Gasteiger partial charge in [0, 0.05) is 13.2 Å². The molecule has 0 aliphatic heterocycles. The second kappa shape index (κ2) is 4.04. The Hall–Kier alpha value is 0.150. The van der Waals surface area contributed by atoms with Gasteiger partial charge in [0.2, 0.25) is 0 Å². The highest BCUT2D eigenvalue weighted by atomic mass is 31.2. The van der Waals surface area contributed by atoms with Crippen LogP contribution in [0.5, 0.6) is 0 Å². The van der Waals surface area contributed by atoms with Gasteiger partial charge in [-0.1, -0.05) is 13.3 Å². The lowest BCUT2D eigenvalue weighted by molar-refractivity contribution is 0.468. The van der Waals surface area contributed by atoms with Gasteiger partial charge in [-0.3, -0.25) is 4.57 Å². The molecule has 9 heavy (non-hydrogen) atoms. The molecular weight excluding hydrogens is 137 g/mol. The zero-order chi connectivity index (χ0) is 7.33. The van der Waals surface area contributed by atoms with Crippen molar-refractivity contribution in [2.45, 2.75) is 19.8 Å². The summed E-state index contributed by atoms with van der Waals surface area (Å²) in [7, 11) is -2.95. The minimum atomic E-state index is -2.95. The third kappa shape index (κ3) is 8.15. The minimum Gasteiger partial charge on any atom is -0.333 e. The molecule has 3 nitrogen and oxygen atoms in total. The Labute approximate surface area is 56.0 Å². The topological polar surface area (TPSA) is 49.3 Å².